The summed E-state index contributed by atoms with van der Waals surface area (Å²) in [5, 5.41) is 19.1. The second-order valence-corrected chi connectivity index (χ2v) is 18.0. The van der Waals surface area contributed by atoms with Gasteiger partial charge in [-0.25, -0.2) is 0 Å². The van der Waals surface area contributed by atoms with Crippen LogP contribution in [0.5, 0.6) is 0 Å². The Balaban J connectivity index is 2.22. The van der Waals surface area contributed by atoms with Gasteiger partial charge >= 0.3 is 263 Å². The number of hydrogen-bond acceptors (Lipinski definition) is 4. The van der Waals surface area contributed by atoms with Gasteiger partial charge in [0.1, 0.15) is 0 Å². The fourth-order valence-electron chi connectivity index (χ4n) is 5.53. The van der Waals surface area contributed by atoms with E-state index >= 15 is 0 Å². The van der Waals surface area contributed by atoms with Crippen molar-refractivity contribution in [2.24, 2.45) is 21.7 Å². The molecule has 0 amide bonds. The first-order valence-electron chi connectivity index (χ1n) is 14.7. The SMILES string of the molecule is CC(C)(C)C1=CC(=C2C(=C3C=C(C(C)(C)C)C(=O)C(C(C)(C)C)=C3)C2=c2ccc(=C(C#N)C#N)[se]2)C=C(C(C)(C)C)C1=O. The third kappa shape index (κ3) is 6.13. The molecule has 0 N–H and O–H groups in total. The zero-order valence-corrected chi connectivity index (χ0v) is 29.3. The van der Waals surface area contributed by atoms with Crippen molar-refractivity contribution in [1.29, 1.82) is 10.5 Å². The minimum absolute atomic E-state index is 0.0874. The van der Waals surface area contributed by atoms with Crippen LogP contribution in [0.15, 0.2) is 81.0 Å². The van der Waals surface area contributed by atoms with E-state index in [1.54, 1.807) is 0 Å². The first kappa shape index (κ1) is 32.4. The Labute approximate surface area is 262 Å². The van der Waals surface area contributed by atoms with Crippen molar-refractivity contribution >= 4 is 37.2 Å². The molecule has 0 aromatic carbocycles. The van der Waals surface area contributed by atoms with Gasteiger partial charge in [0, 0.05) is 0 Å². The van der Waals surface area contributed by atoms with Crippen LogP contribution in [-0.4, -0.2) is 26.1 Å². The summed E-state index contributed by atoms with van der Waals surface area (Å²) in [5.41, 5.74) is 7.13. The molecule has 5 heteroatoms. The maximum atomic E-state index is 13.7. The van der Waals surface area contributed by atoms with Gasteiger partial charge in [0.25, 0.3) is 0 Å². The van der Waals surface area contributed by atoms with E-state index in [0.29, 0.717) is 0 Å². The van der Waals surface area contributed by atoms with Gasteiger partial charge in [-0.2, -0.15) is 0 Å². The number of hydrogen-bond donors (Lipinski definition) is 0. The molecule has 1 saturated carbocycles. The van der Waals surface area contributed by atoms with Crippen LogP contribution < -0.4 is 8.19 Å². The third-order valence-electron chi connectivity index (χ3n) is 8.00. The molecular formula is C38H42N2O2Se. The topological polar surface area (TPSA) is 81.7 Å². The molecule has 4 nitrogen and oxygen atoms in total. The average Bonchev–Trinajstić information content (AvgIpc) is 3.41. The van der Waals surface area contributed by atoms with E-state index in [1.165, 1.54) is 0 Å². The summed E-state index contributed by atoms with van der Waals surface area (Å²) < 4.78 is 1.86. The molecule has 1 aromatic heterocycles. The number of carbonyl (C=O) groups is 2. The molecule has 0 aliphatic heterocycles. The zero-order chi connectivity index (χ0) is 32.4. The predicted octanol–water partition coefficient (Wildman–Crippen LogP) is 6.75. The van der Waals surface area contributed by atoms with Crippen molar-refractivity contribution < 1.29 is 9.59 Å². The summed E-state index contributed by atoms with van der Waals surface area (Å²) in [5.74, 6) is 0.175. The summed E-state index contributed by atoms with van der Waals surface area (Å²) in [4.78, 5) is 27.5. The number of ketones is 2. The van der Waals surface area contributed by atoms with Crippen molar-refractivity contribution in [3.63, 3.8) is 0 Å². The fraction of sp³-hybridized carbons (Fsp3) is 0.421. The molecule has 1 aromatic rings. The number of rotatable bonds is 0. The van der Waals surface area contributed by atoms with Gasteiger partial charge in [-0.1, -0.05) is 0 Å². The molecule has 0 radical (unpaired) electrons. The van der Waals surface area contributed by atoms with Gasteiger partial charge in [-0.05, 0) is 0 Å². The van der Waals surface area contributed by atoms with E-state index in [-0.39, 0.29) is 53.3 Å². The number of Topliss-reactive ketones (excluding diaryl/α,β-unsaturated/α-hetero) is 2. The van der Waals surface area contributed by atoms with Crippen LogP contribution in [0, 0.1) is 44.3 Å². The normalized spacial score (nSPS) is 18.1. The first-order chi connectivity index (χ1) is 19.6. The Morgan fingerprint density at radius 1 is 0.558 bits per heavy atom. The summed E-state index contributed by atoms with van der Waals surface area (Å²) in [6.45, 7) is 24.9. The monoisotopic (exact) mass is 638 g/mol. The molecule has 0 spiro atoms. The van der Waals surface area contributed by atoms with Gasteiger partial charge in [-0.15, -0.1) is 0 Å². The summed E-state index contributed by atoms with van der Waals surface area (Å²) in [6.07, 6.45) is 8.21. The molecule has 4 rings (SSSR count). The van der Waals surface area contributed by atoms with Gasteiger partial charge in [-0.3, -0.25) is 0 Å². The van der Waals surface area contributed by atoms with E-state index < -0.39 is 0 Å². The quantitative estimate of drug-likeness (QED) is 0.295. The summed E-state index contributed by atoms with van der Waals surface area (Å²) in [7, 11) is 0. The van der Waals surface area contributed by atoms with Crippen LogP contribution in [0.4, 0.5) is 0 Å². The van der Waals surface area contributed by atoms with Crippen molar-refractivity contribution in [2.75, 3.05) is 0 Å². The Hall–Kier alpha value is -3.50. The second-order valence-electron chi connectivity index (χ2n) is 15.7. The van der Waals surface area contributed by atoms with Crippen LogP contribution in [0.25, 0.3) is 11.1 Å². The standard InChI is InChI=1S/C38H42N2O2Se/c1-35(2,3)24-15-21(16-25(33(24)41)36(4,5)6)30-31(32(30)29-14-13-28(43-29)23(19-39)20-40)22-17-26(37(7,8)9)34(42)27(18-22)38(10,11)12/h13-18H,1-12H3. The summed E-state index contributed by atoms with van der Waals surface area (Å²) >= 11 is -0.223. The van der Waals surface area contributed by atoms with Crippen LogP contribution in [0.3, 0.4) is 0 Å². The molecule has 0 unspecified atom stereocenters. The van der Waals surface area contributed by atoms with Crippen molar-refractivity contribution in [3.8, 4) is 12.1 Å². The number of nitriles is 2. The Bertz CT molecular complexity index is 1690. The van der Waals surface area contributed by atoms with E-state index in [0.717, 1.165) is 58.3 Å². The zero-order valence-electron chi connectivity index (χ0n) is 27.6. The molecule has 222 valence electrons. The van der Waals surface area contributed by atoms with Gasteiger partial charge in [0.2, 0.25) is 0 Å². The van der Waals surface area contributed by atoms with Crippen LogP contribution >= 0.6 is 0 Å². The Morgan fingerprint density at radius 2 is 0.884 bits per heavy atom. The number of allylic oxidation sites excluding steroid dienone is 12. The van der Waals surface area contributed by atoms with Crippen LogP contribution in [0.1, 0.15) is 83.1 Å². The van der Waals surface area contributed by atoms with Gasteiger partial charge in [0.15, 0.2) is 0 Å². The summed E-state index contributed by atoms with van der Waals surface area (Å²) in [6, 6.07) is 8.01. The van der Waals surface area contributed by atoms with E-state index in [1.807, 2.05) is 24.3 Å². The van der Waals surface area contributed by atoms with Crippen LogP contribution in [-0.2, 0) is 9.59 Å². The molecule has 3 aliphatic carbocycles. The molecular weight excluding hydrogens is 595 g/mol. The number of nitrogens with zero attached hydrogens (tertiary/aromatic N) is 2. The minimum atomic E-state index is -0.347. The van der Waals surface area contributed by atoms with Crippen molar-refractivity contribution in [1.82, 2.24) is 0 Å². The van der Waals surface area contributed by atoms with Crippen molar-refractivity contribution in [3.05, 3.63) is 89.2 Å². The van der Waals surface area contributed by atoms with Gasteiger partial charge < -0.3 is 0 Å². The van der Waals surface area contributed by atoms with Gasteiger partial charge in [0.05, 0.1) is 0 Å². The molecule has 0 saturated heterocycles. The molecule has 0 atom stereocenters. The van der Waals surface area contributed by atoms with Crippen LogP contribution in [0.2, 0.25) is 0 Å². The second kappa shape index (κ2) is 10.6. The van der Waals surface area contributed by atoms with E-state index in [9.17, 15) is 20.1 Å². The maximum absolute atomic E-state index is 13.7. The number of carbonyl (C=O) groups excluding carboxylic acids is 2. The average molecular weight is 638 g/mol. The molecule has 1 fully saturated rings. The Kier molecular flexibility index (Phi) is 7.98. The van der Waals surface area contributed by atoms with E-state index in [2.05, 4.69) is 107 Å². The first-order valence-corrected chi connectivity index (χ1v) is 16.4. The molecule has 1 heterocycles. The van der Waals surface area contributed by atoms with E-state index in [4.69, 9.17) is 0 Å². The molecule has 43 heavy (non-hydrogen) atoms. The fourth-order valence-corrected chi connectivity index (χ4v) is 7.64. The predicted molar refractivity (Wildman–Crippen MR) is 175 cm³/mol. The molecule has 3 aliphatic rings. The third-order valence-corrected chi connectivity index (χ3v) is 10.3. The van der Waals surface area contributed by atoms with Crippen molar-refractivity contribution in [2.45, 2.75) is 83.1 Å². The molecule has 0 bridgehead atoms. The Morgan fingerprint density at radius 3 is 1.16 bits per heavy atom.